The fraction of sp³-hybridized carbons (Fsp3) is 0.462. The molecule has 2 aromatic rings. The van der Waals surface area contributed by atoms with Gasteiger partial charge >= 0.3 is 11.9 Å². The fourth-order valence-corrected chi connectivity index (χ4v) is 2.62. The first-order chi connectivity index (χ1) is 10.6. The number of nitrogens with zero attached hydrogens (tertiary/aromatic N) is 3. The summed E-state index contributed by atoms with van der Waals surface area (Å²) in [6.45, 7) is 2.83. The quantitative estimate of drug-likeness (QED) is 0.848. The molecule has 0 aliphatic carbocycles. The van der Waals surface area contributed by atoms with E-state index in [0.717, 1.165) is 16.1 Å². The summed E-state index contributed by atoms with van der Waals surface area (Å²) in [6, 6.07) is 0.947. The van der Waals surface area contributed by atoms with Crippen LogP contribution in [-0.4, -0.2) is 20.6 Å². The monoisotopic (exact) mass is 349 g/mol. The minimum atomic E-state index is -4.84. The fourth-order valence-electron chi connectivity index (χ4n) is 1.95. The molecule has 0 unspecified atom stereocenters. The summed E-state index contributed by atoms with van der Waals surface area (Å²) in [5, 5.41) is 0. The maximum Gasteiger partial charge on any atom is 0.423 e. The lowest BCUT2D eigenvalue weighted by Crippen LogP contribution is -2.43. The zero-order valence-corrected chi connectivity index (χ0v) is 13.4. The van der Waals surface area contributed by atoms with E-state index in [9.17, 15) is 22.8 Å². The SMILES string of the molecule is COc1cc(Cn2c(=O)c(C(F)(F)F)cn(C(C)C)c2=O)sn1. The number of aromatic nitrogens is 3. The molecule has 126 valence electrons. The van der Waals surface area contributed by atoms with Crippen molar-refractivity contribution in [1.82, 2.24) is 13.5 Å². The Labute approximate surface area is 132 Å². The Bertz CT molecular complexity index is 820. The van der Waals surface area contributed by atoms with Crippen molar-refractivity contribution in [2.75, 3.05) is 7.11 Å². The molecule has 0 atom stereocenters. The number of methoxy groups -OCH3 is 1. The van der Waals surface area contributed by atoms with Gasteiger partial charge in [0.05, 0.1) is 13.7 Å². The molecule has 0 amide bonds. The van der Waals surface area contributed by atoms with E-state index in [-0.39, 0.29) is 12.4 Å². The third-order valence-corrected chi connectivity index (χ3v) is 3.87. The Morgan fingerprint density at radius 2 is 2.00 bits per heavy atom. The van der Waals surface area contributed by atoms with Gasteiger partial charge in [-0.2, -0.15) is 17.5 Å². The predicted molar refractivity (Wildman–Crippen MR) is 78.1 cm³/mol. The second-order valence-corrected chi connectivity index (χ2v) is 5.94. The minimum absolute atomic E-state index is 0.272. The van der Waals surface area contributed by atoms with E-state index in [1.165, 1.54) is 13.2 Å². The van der Waals surface area contributed by atoms with Crippen LogP contribution in [0.1, 0.15) is 30.3 Å². The molecule has 0 saturated carbocycles. The Balaban J connectivity index is 2.63. The summed E-state index contributed by atoms with van der Waals surface area (Å²) in [6.07, 6.45) is -4.27. The van der Waals surface area contributed by atoms with Crippen molar-refractivity contribution in [3.05, 3.63) is 43.5 Å². The lowest BCUT2D eigenvalue weighted by atomic mass is 10.3. The van der Waals surface area contributed by atoms with Gasteiger partial charge < -0.3 is 4.74 Å². The Kier molecular flexibility index (Phi) is 4.64. The van der Waals surface area contributed by atoms with Crippen LogP contribution in [0.25, 0.3) is 0 Å². The molecule has 6 nitrogen and oxygen atoms in total. The van der Waals surface area contributed by atoms with Crippen LogP contribution in [0.2, 0.25) is 0 Å². The van der Waals surface area contributed by atoms with Gasteiger partial charge in [-0.3, -0.25) is 13.9 Å². The molecule has 0 spiro atoms. The molecule has 0 fully saturated rings. The summed E-state index contributed by atoms with van der Waals surface area (Å²) in [5.74, 6) is 0.272. The summed E-state index contributed by atoms with van der Waals surface area (Å²) < 4.78 is 49.4. The topological polar surface area (TPSA) is 66.1 Å². The van der Waals surface area contributed by atoms with E-state index in [1.54, 1.807) is 13.8 Å². The smallest absolute Gasteiger partial charge is 0.423 e. The maximum atomic E-state index is 13.0. The molecular weight excluding hydrogens is 335 g/mol. The highest BCUT2D eigenvalue weighted by Crippen LogP contribution is 2.26. The standard InChI is InChI=1S/C13H14F3N3O3S/c1-7(2)18-6-9(13(14,15)16)11(20)19(12(18)21)5-8-4-10(22-3)17-23-8/h4,6-7H,5H2,1-3H3. The Hall–Kier alpha value is -2.10. The molecule has 0 bridgehead atoms. The summed E-state index contributed by atoms with van der Waals surface area (Å²) in [7, 11) is 1.39. The average molecular weight is 349 g/mol. The zero-order chi connectivity index (χ0) is 17.4. The number of ether oxygens (including phenoxy) is 1. The lowest BCUT2D eigenvalue weighted by Gasteiger charge is -2.16. The molecule has 2 rings (SSSR count). The van der Waals surface area contributed by atoms with Crippen LogP contribution in [0.15, 0.2) is 21.9 Å². The van der Waals surface area contributed by atoms with Crippen molar-refractivity contribution >= 4 is 11.5 Å². The summed E-state index contributed by atoms with van der Waals surface area (Å²) in [4.78, 5) is 24.8. The first kappa shape index (κ1) is 17.3. The van der Waals surface area contributed by atoms with Crippen LogP contribution in [0.3, 0.4) is 0 Å². The van der Waals surface area contributed by atoms with E-state index >= 15 is 0 Å². The highest BCUT2D eigenvalue weighted by Gasteiger charge is 2.36. The van der Waals surface area contributed by atoms with E-state index in [0.29, 0.717) is 15.6 Å². The number of hydrogen-bond donors (Lipinski definition) is 0. The molecular formula is C13H14F3N3O3S. The molecule has 23 heavy (non-hydrogen) atoms. The van der Waals surface area contributed by atoms with Crippen LogP contribution in [0, 0.1) is 0 Å². The van der Waals surface area contributed by atoms with Gasteiger partial charge in [-0.1, -0.05) is 0 Å². The van der Waals surface area contributed by atoms with Crippen LogP contribution >= 0.6 is 11.5 Å². The first-order valence-electron chi connectivity index (χ1n) is 6.58. The third-order valence-electron chi connectivity index (χ3n) is 3.12. The molecule has 0 aliphatic heterocycles. The maximum absolute atomic E-state index is 13.0. The van der Waals surface area contributed by atoms with Gasteiger partial charge in [-0.25, -0.2) is 4.79 Å². The van der Waals surface area contributed by atoms with Gasteiger partial charge in [0, 0.05) is 23.2 Å². The highest BCUT2D eigenvalue weighted by atomic mass is 32.1. The van der Waals surface area contributed by atoms with Crippen molar-refractivity contribution in [3.63, 3.8) is 0 Å². The van der Waals surface area contributed by atoms with Gasteiger partial charge in [0.25, 0.3) is 5.56 Å². The first-order valence-corrected chi connectivity index (χ1v) is 7.35. The molecule has 10 heteroatoms. The van der Waals surface area contributed by atoms with E-state index < -0.39 is 29.0 Å². The molecule has 0 N–H and O–H groups in total. The third kappa shape index (κ3) is 3.46. The summed E-state index contributed by atoms with van der Waals surface area (Å²) >= 11 is 0.950. The van der Waals surface area contributed by atoms with Crippen molar-refractivity contribution in [2.24, 2.45) is 0 Å². The van der Waals surface area contributed by atoms with Gasteiger partial charge in [-0.15, -0.1) is 0 Å². The van der Waals surface area contributed by atoms with Crippen LogP contribution in [0.4, 0.5) is 13.2 Å². The van der Waals surface area contributed by atoms with E-state index in [2.05, 4.69) is 4.37 Å². The molecule has 2 heterocycles. The Morgan fingerprint density at radius 3 is 2.48 bits per heavy atom. The second-order valence-electron chi connectivity index (χ2n) is 5.05. The largest absolute Gasteiger partial charge is 0.480 e. The summed E-state index contributed by atoms with van der Waals surface area (Å²) in [5.41, 5.74) is -3.54. The van der Waals surface area contributed by atoms with E-state index in [1.807, 2.05) is 0 Å². The molecule has 2 aromatic heterocycles. The lowest BCUT2D eigenvalue weighted by molar-refractivity contribution is -0.139. The molecule has 0 saturated heterocycles. The van der Waals surface area contributed by atoms with Crippen molar-refractivity contribution in [2.45, 2.75) is 32.6 Å². The molecule has 0 aliphatic rings. The van der Waals surface area contributed by atoms with Gasteiger partial charge in [0.1, 0.15) is 5.56 Å². The Morgan fingerprint density at radius 1 is 1.35 bits per heavy atom. The number of rotatable bonds is 4. The van der Waals surface area contributed by atoms with Gasteiger partial charge in [-0.05, 0) is 25.4 Å². The zero-order valence-electron chi connectivity index (χ0n) is 12.5. The predicted octanol–water partition coefficient (Wildman–Crippen LogP) is 2.12. The van der Waals surface area contributed by atoms with Crippen LogP contribution < -0.4 is 16.0 Å². The number of hydrogen-bond acceptors (Lipinski definition) is 5. The van der Waals surface area contributed by atoms with Gasteiger partial charge in [0.15, 0.2) is 0 Å². The number of halogens is 3. The van der Waals surface area contributed by atoms with Crippen LogP contribution in [0.5, 0.6) is 5.88 Å². The number of alkyl halides is 3. The van der Waals surface area contributed by atoms with Crippen molar-refractivity contribution in [1.29, 1.82) is 0 Å². The normalized spacial score (nSPS) is 12.0. The van der Waals surface area contributed by atoms with Crippen LogP contribution in [-0.2, 0) is 12.7 Å². The van der Waals surface area contributed by atoms with Crippen molar-refractivity contribution in [3.8, 4) is 5.88 Å². The highest BCUT2D eigenvalue weighted by molar-refractivity contribution is 7.05. The second kappa shape index (κ2) is 6.19. The molecule has 0 aromatic carbocycles. The average Bonchev–Trinajstić information content (AvgIpc) is 2.89. The van der Waals surface area contributed by atoms with Crippen molar-refractivity contribution < 1.29 is 17.9 Å². The minimum Gasteiger partial charge on any atom is -0.480 e. The van der Waals surface area contributed by atoms with E-state index in [4.69, 9.17) is 4.74 Å². The van der Waals surface area contributed by atoms with Gasteiger partial charge in [0.2, 0.25) is 5.88 Å². The molecule has 0 radical (unpaired) electrons.